The number of hydrogen-bond acceptors (Lipinski definition) is 8. The molecule has 3 aliphatic heterocycles. The summed E-state index contributed by atoms with van der Waals surface area (Å²) in [6.07, 6.45) is -0.325. The SMILES string of the molecule is CC(=O)NC[C@@H]1OC(=O)N2c3ccc(-c4ccc(N5CCOC5=O)nc4)cc3S(=O)(=O)C[C@@H]12. The van der Waals surface area contributed by atoms with Crippen LogP contribution in [0.15, 0.2) is 41.4 Å². The molecule has 1 aromatic carbocycles. The molecule has 0 aliphatic carbocycles. The molecule has 172 valence electrons. The Bertz CT molecular complexity index is 1260. The van der Waals surface area contributed by atoms with Crippen LogP contribution >= 0.6 is 0 Å². The molecule has 33 heavy (non-hydrogen) atoms. The summed E-state index contributed by atoms with van der Waals surface area (Å²) in [7, 11) is -3.73. The average Bonchev–Trinajstić information content (AvgIpc) is 3.34. The van der Waals surface area contributed by atoms with Crippen LogP contribution < -0.4 is 15.1 Å². The maximum atomic E-state index is 13.1. The third kappa shape index (κ3) is 3.65. The summed E-state index contributed by atoms with van der Waals surface area (Å²) in [6, 6.07) is 7.45. The van der Waals surface area contributed by atoms with E-state index in [9.17, 15) is 22.8 Å². The molecule has 1 N–H and O–H groups in total. The summed E-state index contributed by atoms with van der Waals surface area (Å²) in [4.78, 5) is 42.6. The molecule has 2 fully saturated rings. The van der Waals surface area contributed by atoms with Crippen LogP contribution in [0.25, 0.3) is 11.1 Å². The molecular formula is C21H20N4O7S. The summed E-state index contributed by atoms with van der Waals surface area (Å²) in [6.45, 7) is 2.09. The fraction of sp³-hybridized carbons (Fsp3) is 0.333. The predicted octanol–water partition coefficient (Wildman–Crippen LogP) is 1.32. The molecule has 0 unspecified atom stereocenters. The lowest BCUT2D eigenvalue weighted by Gasteiger charge is -2.31. The second-order valence-corrected chi connectivity index (χ2v) is 9.93. The highest BCUT2D eigenvalue weighted by molar-refractivity contribution is 7.91. The van der Waals surface area contributed by atoms with Crippen LogP contribution in [0.2, 0.25) is 0 Å². The molecule has 12 heteroatoms. The normalized spacial score (nSPS) is 22.9. The number of benzene rings is 1. The van der Waals surface area contributed by atoms with Crippen LogP contribution in [0.5, 0.6) is 0 Å². The van der Waals surface area contributed by atoms with Gasteiger partial charge in [-0.1, -0.05) is 6.07 Å². The summed E-state index contributed by atoms with van der Waals surface area (Å²) < 4.78 is 36.5. The van der Waals surface area contributed by atoms with Crippen molar-refractivity contribution < 1.29 is 32.3 Å². The van der Waals surface area contributed by atoms with Gasteiger partial charge in [0, 0.05) is 18.7 Å². The van der Waals surface area contributed by atoms with Crippen LogP contribution in [0.3, 0.4) is 0 Å². The maximum absolute atomic E-state index is 13.1. The van der Waals surface area contributed by atoms with Crippen molar-refractivity contribution in [2.45, 2.75) is 24.0 Å². The lowest BCUT2D eigenvalue weighted by Crippen LogP contribution is -2.48. The van der Waals surface area contributed by atoms with Crippen molar-refractivity contribution in [2.75, 3.05) is 35.2 Å². The molecule has 11 nitrogen and oxygen atoms in total. The summed E-state index contributed by atoms with van der Waals surface area (Å²) >= 11 is 0. The lowest BCUT2D eigenvalue weighted by atomic mass is 10.1. The minimum absolute atomic E-state index is 0.0283. The molecule has 1 aromatic heterocycles. The number of sulfone groups is 1. The number of nitrogens with zero attached hydrogens (tertiary/aromatic N) is 3. The molecular weight excluding hydrogens is 452 g/mol. The fourth-order valence-corrected chi connectivity index (χ4v) is 6.01. The van der Waals surface area contributed by atoms with E-state index in [1.165, 1.54) is 22.8 Å². The van der Waals surface area contributed by atoms with Crippen LogP contribution in [-0.4, -0.2) is 69.1 Å². The Morgan fingerprint density at radius 3 is 2.64 bits per heavy atom. The van der Waals surface area contributed by atoms with E-state index in [0.29, 0.717) is 30.1 Å². The Labute approximate surface area is 189 Å². The number of cyclic esters (lactones) is 2. The number of ether oxygens (including phenoxy) is 2. The van der Waals surface area contributed by atoms with Crippen LogP contribution in [0.4, 0.5) is 21.1 Å². The molecule has 2 saturated heterocycles. The Balaban J connectivity index is 1.46. The zero-order valence-electron chi connectivity index (χ0n) is 17.6. The monoisotopic (exact) mass is 472 g/mol. The van der Waals surface area contributed by atoms with Gasteiger partial charge >= 0.3 is 12.2 Å². The number of pyridine rings is 1. The standard InChI is InChI=1S/C21H20N4O7S/c1-12(26)22-10-17-16-11-33(29,30)18-8-13(2-4-15(18)25(16)21(28)32-17)14-3-5-19(23-9-14)24-6-7-31-20(24)27/h2-5,8-9,16-17H,6-7,10-11H2,1H3,(H,22,26)/t16-,17-/m0/s1. The van der Waals surface area contributed by atoms with Crippen LogP contribution in [0.1, 0.15) is 6.92 Å². The number of fused-ring (bicyclic) bond motifs is 3. The van der Waals surface area contributed by atoms with Gasteiger partial charge in [0.25, 0.3) is 0 Å². The van der Waals surface area contributed by atoms with Gasteiger partial charge in [-0.25, -0.2) is 23.0 Å². The third-order valence-electron chi connectivity index (χ3n) is 5.83. The number of carbonyl (C=O) groups excluding carboxylic acids is 3. The van der Waals surface area contributed by atoms with Gasteiger partial charge in [0.1, 0.15) is 18.5 Å². The second-order valence-electron chi connectivity index (χ2n) is 7.93. The van der Waals surface area contributed by atoms with E-state index in [1.54, 1.807) is 30.5 Å². The maximum Gasteiger partial charge on any atom is 0.415 e. The zero-order chi connectivity index (χ0) is 23.3. The molecule has 3 amide bonds. The molecule has 0 radical (unpaired) electrons. The first-order chi connectivity index (χ1) is 15.7. The van der Waals surface area contributed by atoms with Gasteiger partial charge in [0.15, 0.2) is 9.84 Å². The van der Waals surface area contributed by atoms with Crippen LogP contribution in [-0.2, 0) is 24.1 Å². The van der Waals surface area contributed by atoms with Crippen molar-refractivity contribution in [2.24, 2.45) is 0 Å². The first-order valence-corrected chi connectivity index (χ1v) is 11.9. The first-order valence-electron chi connectivity index (χ1n) is 10.3. The first kappa shape index (κ1) is 21.2. The van der Waals surface area contributed by atoms with E-state index in [2.05, 4.69) is 10.3 Å². The minimum Gasteiger partial charge on any atom is -0.447 e. The molecule has 0 saturated carbocycles. The van der Waals surface area contributed by atoms with Crippen molar-refractivity contribution >= 4 is 39.4 Å². The Kier molecular flexibility index (Phi) is 4.96. The summed E-state index contributed by atoms with van der Waals surface area (Å²) in [5.41, 5.74) is 1.50. The Morgan fingerprint density at radius 1 is 1.18 bits per heavy atom. The van der Waals surface area contributed by atoms with Crippen molar-refractivity contribution in [1.29, 1.82) is 0 Å². The Hall–Kier alpha value is -3.67. The number of amides is 3. The minimum atomic E-state index is -3.73. The van der Waals surface area contributed by atoms with Crippen molar-refractivity contribution in [1.82, 2.24) is 10.3 Å². The van der Waals surface area contributed by atoms with Gasteiger partial charge in [-0.15, -0.1) is 0 Å². The van der Waals surface area contributed by atoms with E-state index >= 15 is 0 Å². The molecule has 0 spiro atoms. The molecule has 4 heterocycles. The fourth-order valence-electron chi connectivity index (χ4n) is 4.22. The number of aromatic nitrogens is 1. The van der Waals surface area contributed by atoms with Gasteiger partial charge in [-0.2, -0.15) is 0 Å². The van der Waals surface area contributed by atoms with Gasteiger partial charge in [-0.3, -0.25) is 14.6 Å². The highest BCUT2D eigenvalue weighted by Gasteiger charge is 2.49. The van der Waals surface area contributed by atoms with E-state index in [0.717, 1.165) is 0 Å². The van der Waals surface area contributed by atoms with E-state index in [-0.39, 0.29) is 28.8 Å². The highest BCUT2D eigenvalue weighted by Crippen LogP contribution is 2.40. The van der Waals surface area contributed by atoms with Crippen LogP contribution in [0, 0.1) is 0 Å². The van der Waals surface area contributed by atoms with Gasteiger partial charge in [0.2, 0.25) is 5.91 Å². The molecule has 2 aromatic rings. The number of anilines is 2. The third-order valence-corrected chi connectivity index (χ3v) is 7.60. The van der Waals surface area contributed by atoms with E-state index in [4.69, 9.17) is 9.47 Å². The van der Waals surface area contributed by atoms with Crippen molar-refractivity contribution in [3.05, 3.63) is 36.5 Å². The van der Waals surface area contributed by atoms with Crippen molar-refractivity contribution in [3.63, 3.8) is 0 Å². The number of carbonyl (C=O) groups is 3. The number of nitrogens with one attached hydrogen (secondary N) is 1. The molecule has 2 atom stereocenters. The van der Waals surface area contributed by atoms with E-state index < -0.39 is 34.2 Å². The Morgan fingerprint density at radius 2 is 1.97 bits per heavy atom. The predicted molar refractivity (Wildman–Crippen MR) is 116 cm³/mol. The summed E-state index contributed by atoms with van der Waals surface area (Å²) in [5.74, 6) is -0.164. The molecule has 5 rings (SSSR count). The zero-order valence-corrected chi connectivity index (χ0v) is 18.4. The van der Waals surface area contributed by atoms with E-state index in [1.807, 2.05) is 0 Å². The van der Waals surface area contributed by atoms with Gasteiger partial charge in [0.05, 0.1) is 35.5 Å². The smallest absolute Gasteiger partial charge is 0.415 e. The van der Waals surface area contributed by atoms with Crippen molar-refractivity contribution in [3.8, 4) is 11.1 Å². The number of hydrogen-bond donors (Lipinski definition) is 1. The number of rotatable bonds is 4. The molecule has 0 bridgehead atoms. The quantitative estimate of drug-likeness (QED) is 0.704. The topological polar surface area (TPSA) is 135 Å². The summed E-state index contributed by atoms with van der Waals surface area (Å²) in [5, 5.41) is 2.57. The van der Waals surface area contributed by atoms with Gasteiger partial charge < -0.3 is 14.8 Å². The molecule has 3 aliphatic rings. The van der Waals surface area contributed by atoms with Gasteiger partial charge in [-0.05, 0) is 29.8 Å². The largest absolute Gasteiger partial charge is 0.447 e. The average molecular weight is 472 g/mol. The second kappa shape index (κ2) is 7.73. The highest BCUT2D eigenvalue weighted by atomic mass is 32.2. The lowest BCUT2D eigenvalue weighted by molar-refractivity contribution is -0.119.